The Bertz CT molecular complexity index is 1120. The lowest BCUT2D eigenvalue weighted by atomic mass is 9.95. The van der Waals surface area contributed by atoms with Crippen molar-refractivity contribution in [1.29, 1.82) is 0 Å². The van der Waals surface area contributed by atoms with Crippen molar-refractivity contribution in [3.05, 3.63) is 28.7 Å². The van der Waals surface area contributed by atoms with Crippen LogP contribution in [0.25, 0.3) is 11.0 Å². The lowest BCUT2D eigenvalue weighted by Crippen LogP contribution is -2.40. The van der Waals surface area contributed by atoms with Crippen LogP contribution in [0, 0.1) is 0 Å². The Labute approximate surface area is 183 Å². The van der Waals surface area contributed by atoms with Crippen LogP contribution in [0.5, 0.6) is 0 Å². The van der Waals surface area contributed by atoms with Crippen molar-refractivity contribution < 1.29 is 13.2 Å². The molecule has 9 heteroatoms. The highest BCUT2D eigenvalue weighted by Crippen LogP contribution is 2.26. The van der Waals surface area contributed by atoms with Gasteiger partial charge < -0.3 is 5.32 Å². The van der Waals surface area contributed by atoms with Crippen molar-refractivity contribution >= 4 is 27.0 Å². The molecule has 2 aliphatic rings. The highest BCUT2D eigenvalue weighted by atomic mass is 32.2. The minimum atomic E-state index is -3.61. The number of carbonyl (C=O) groups is 1. The second-order valence-corrected chi connectivity index (χ2v) is 10.9. The van der Waals surface area contributed by atoms with Crippen LogP contribution in [-0.4, -0.2) is 46.9 Å². The van der Waals surface area contributed by atoms with E-state index in [0.717, 1.165) is 38.5 Å². The van der Waals surface area contributed by atoms with E-state index in [4.69, 9.17) is 0 Å². The van der Waals surface area contributed by atoms with Gasteiger partial charge in [0.25, 0.3) is 0 Å². The van der Waals surface area contributed by atoms with Gasteiger partial charge in [-0.1, -0.05) is 19.3 Å². The number of carbonyl (C=O) groups excluding carboxylic acids is 1. The topological polar surface area (TPSA) is 93.4 Å². The molecule has 1 saturated heterocycles. The second kappa shape index (κ2) is 8.78. The summed E-state index contributed by atoms with van der Waals surface area (Å²) >= 11 is 0. The number of amides is 1. The van der Waals surface area contributed by atoms with Crippen molar-refractivity contribution in [2.45, 2.75) is 82.3 Å². The zero-order valence-corrected chi connectivity index (χ0v) is 19.2. The number of hydrogen-bond donors (Lipinski definition) is 1. The number of aromatic nitrogens is 2. The van der Waals surface area contributed by atoms with Gasteiger partial charge in [0.1, 0.15) is 6.54 Å². The molecule has 2 fully saturated rings. The fraction of sp³-hybridized carbons (Fsp3) is 0.636. The van der Waals surface area contributed by atoms with Crippen LogP contribution in [0.3, 0.4) is 0 Å². The van der Waals surface area contributed by atoms with Crippen LogP contribution in [0.15, 0.2) is 27.9 Å². The van der Waals surface area contributed by atoms with Gasteiger partial charge in [0.2, 0.25) is 15.9 Å². The van der Waals surface area contributed by atoms with E-state index in [1.165, 1.54) is 15.3 Å². The first-order valence-corrected chi connectivity index (χ1v) is 12.8. The molecule has 170 valence electrons. The minimum absolute atomic E-state index is 0.112. The molecule has 0 spiro atoms. The number of sulfonamides is 1. The fourth-order valence-electron chi connectivity index (χ4n) is 4.81. The van der Waals surface area contributed by atoms with E-state index in [0.29, 0.717) is 24.1 Å². The van der Waals surface area contributed by atoms with Crippen molar-refractivity contribution in [3.63, 3.8) is 0 Å². The van der Waals surface area contributed by atoms with E-state index in [1.807, 2.05) is 13.8 Å². The Morgan fingerprint density at radius 2 is 1.74 bits per heavy atom. The average molecular weight is 449 g/mol. The molecule has 0 radical (unpaired) electrons. The van der Waals surface area contributed by atoms with E-state index < -0.39 is 10.0 Å². The van der Waals surface area contributed by atoms with E-state index in [1.54, 1.807) is 22.8 Å². The van der Waals surface area contributed by atoms with Gasteiger partial charge in [0.05, 0.1) is 15.9 Å². The summed E-state index contributed by atoms with van der Waals surface area (Å²) in [6.07, 6.45) is 7.06. The van der Waals surface area contributed by atoms with Gasteiger partial charge in [0, 0.05) is 25.2 Å². The highest BCUT2D eigenvalue weighted by Gasteiger charge is 2.28. The number of imidazole rings is 1. The zero-order valence-electron chi connectivity index (χ0n) is 18.3. The largest absolute Gasteiger partial charge is 0.352 e. The van der Waals surface area contributed by atoms with Gasteiger partial charge in [-0.25, -0.2) is 13.2 Å². The van der Waals surface area contributed by atoms with Crippen molar-refractivity contribution in [3.8, 4) is 0 Å². The fourth-order valence-corrected chi connectivity index (χ4v) is 6.35. The molecule has 1 aromatic carbocycles. The van der Waals surface area contributed by atoms with Crippen molar-refractivity contribution in [2.75, 3.05) is 13.1 Å². The number of hydrogen-bond acceptors (Lipinski definition) is 4. The summed E-state index contributed by atoms with van der Waals surface area (Å²) < 4.78 is 30.6. The van der Waals surface area contributed by atoms with E-state index in [9.17, 15) is 18.0 Å². The maximum atomic E-state index is 13.2. The summed E-state index contributed by atoms with van der Waals surface area (Å²) in [5.41, 5.74) is 0.836. The molecule has 4 rings (SSSR count). The van der Waals surface area contributed by atoms with Crippen molar-refractivity contribution in [1.82, 2.24) is 18.8 Å². The molecule has 1 amide bonds. The first-order valence-electron chi connectivity index (χ1n) is 11.3. The van der Waals surface area contributed by atoms with Gasteiger partial charge in [-0.2, -0.15) is 4.31 Å². The quantitative estimate of drug-likeness (QED) is 0.735. The summed E-state index contributed by atoms with van der Waals surface area (Å²) in [5.74, 6) is -0.204. The molecular formula is C22H32N4O4S. The van der Waals surface area contributed by atoms with Gasteiger partial charge in [0.15, 0.2) is 0 Å². The number of rotatable bonds is 6. The summed E-state index contributed by atoms with van der Waals surface area (Å²) in [6, 6.07) is 4.85. The molecule has 31 heavy (non-hydrogen) atoms. The molecule has 0 bridgehead atoms. The van der Waals surface area contributed by atoms with Gasteiger partial charge >= 0.3 is 5.69 Å². The maximum absolute atomic E-state index is 13.2. The average Bonchev–Trinajstić information content (AvgIpc) is 3.36. The Morgan fingerprint density at radius 1 is 1.06 bits per heavy atom. The Hall–Kier alpha value is -2.13. The van der Waals surface area contributed by atoms with E-state index in [-0.39, 0.29) is 35.1 Å². The molecule has 8 nitrogen and oxygen atoms in total. The first kappa shape index (κ1) is 22.1. The molecule has 1 saturated carbocycles. The van der Waals surface area contributed by atoms with Crippen LogP contribution in [-0.2, 0) is 21.4 Å². The Morgan fingerprint density at radius 3 is 2.39 bits per heavy atom. The van der Waals surface area contributed by atoms with Gasteiger partial charge in [-0.05, 0) is 57.7 Å². The molecule has 1 aromatic heterocycles. The number of nitrogens with zero attached hydrogens (tertiary/aromatic N) is 3. The molecule has 2 heterocycles. The second-order valence-electron chi connectivity index (χ2n) is 9.00. The van der Waals surface area contributed by atoms with E-state index >= 15 is 0 Å². The van der Waals surface area contributed by atoms with Gasteiger partial charge in [-0.3, -0.25) is 13.9 Å². The number of benzene rings is 1. The highest BCUT2D eigenvalue weighted by molar-refractivity contribution is 7.89. The predicted molar refractivity (Wildman–Crippen MR) is 120 cm³/mol. The molecular weight excluding hydrogens is 416 g/mol. The van der Waals surface area contributed by atoms with Crippen LogP contribution < -0.4 is 11.0 Å². The van der Waals surface area contributed by atoms with Crippen LogP contribution in [0.1, 0.15) is 64.8 Å². The van der Waals surface area contributed by atoms with Crippen molar-refractivity contribution in [2.24, 2.45) is 0 Å². The van der Waals surface area contributed by atoms with Crippen LogP contribution in [0.4, 0.5) is 0 Å². The Balaban J connectivity index is 1.71. The number of fused-ring (bicyclic) bond motifs is 1. The molecule has 0 unspecified atom stereocenters. The third kappa shape index (κ3) is 4.30. The third-order valence-corrected chi connectivity index (χ3v) is 8.32. The molecule has 1 aliphatic carbocycles. The molecule has 1 aliphatic heterocycles. The van der Waals surface area contributed by atoms with Gasteiger partial charge in [-0.15, -0.1) is 0 Å². The Kier molecular flexibility index (Phi) is 6.25. The molecule has 1 N–H and O–H groups in total. The SMILES string of the molecule is CC(C)n1c(=O)n(CC(=O)NC2CCCCC2)c2cc(S(=O)(=O)N3CCCC3)ccc21. The predicted octanol–water partition coefficient (Wildman–Crippen LogP) is 2.62. The normalized spacial score (nSPS) is 18.8. The summed E-state index contributed by atoms with van der Waals surface area (Å²) in [4.78, 5) is 26.1. The summed E-state index contributed by atoms with van der Waals surface area (Å²) in [5, 5.41) is 3.05. The van der Waals surface area contributed by atoms with Crippen LogP contribution >= 0.6 is 0 Å². The maximum Gasteiger partial charge on any atom is 0.329 e. The van der Waals surface area contributed by atoms with Crippen LogP contribution in [0.2, 0.25) is 0 Å². The smallest absolute Gasteiger partial charge is 0.329 e. The molecule has 2 aromatic rings. The summed E-state index contributed by atoms with van der Waals surface area (Å²) in [6.45, 7) is 4.73. The standard InChI is InChI=1S/C22H32N4O4S/c1-16(2)26-19-11-10-18(31(29,30)24-12-6-7-13-24)14-20(19)25(22(26)28)15-21(27)23-17-8-4-3-5-9-17/h10-11,14,16-17H,3-9,12-13,15H2,1-2H3,(H,23,27). The van der Waals surface area contributed by atoms with E-state index in [2.05, 4.69) is 5.32 Å². The zero-order chi connectivity index (χ0) is 22.2. The first-order chi connectivity index (χ1) is 14.8. The third-order valence-electron chi connectivity index (χ3n) is 6.43. The lowest BCUT2D eigenvalue weighted by molar-refractivity contribution is -0.122. The number of nitrogens with one attached hydrogen (secondary N) is 1. The summed E-state index contributed by atoms with van der Waals surface area (Å²) in [7, 11) is -3.61. The minimum Gasteiger partial charge on any atom is -0.352 e. The monoisotopic (exact) mass is 448 g/mol. The lowest BCUT2D eigenvalue weighted by Gasteiger charge is -2.22. The molecule has 0 atom stereocenters.